The van der Waals surface area contributed by atoms with E-state index in [1.807, 2.05) is 6.92 Å². The van der Waals surface area contributed by atoms with Crippen molar-refractivity contribution in [2.45, 2.75) is 26.8 Å². The lowest BCUT2D eigenvalue weighted by Crippen LogP contribution is -2.16. The highest BCUT2D eigenvalue weighted by molar-refractivity contribution is 5.96. The molecule has 1 heterocycles. The summed E-state index contributed by atoms with van der Waals surface area (Å²) in [5.74, 6) is -1.78. The number of ketones is 1. The fourth-order valence-electron chi connectivity index (χ4n) is 1.27. The molecule has 1 aromatic heterocycles. The topological polar surface area (TPSA) is 72.2 Å². The van der Waals surface area contributed by atoms with Gasteiger partial charge < -0.3 is 9.67 Å². The second kappa shape index (κ2) is 4.72. The molecule has 0 spiro atoms. The standard InChI is InChI=1S/C10H14N2O3/c1-3-12-6-11-5-8(12)9(13)4-7(2)10(14)15/h5-7H,3-4H2,1-2H3,(H,14,15). The zero-order chi connectivity index (χ0) is 11.4. The van der Waals surface area contributed by atoms with Gasteiger partial charge >= 0.3 is 5.97 Å². The number of Topliss-reactive ketones (excluding diaryl/α,β-unsaturated/α-hetero) is 1. The number of carbonyl (C=O) groups is 2. The van der Waals surface area contributed by atoms with Crippen LogP contribution >= 0.6 is 0 Å². The number of carboxylic acids is 1. The van der Waals surface area contributed by atoms with Crippen molar-refractivity contribution in [1.29, 1.82) is 0 Å². The Morgan fingerprint density at radius 2 is 2.27 bits per heavy atom. The first kappa shape index (κ1) is 11.4. The molecule has 0 saturated heterocycles. The molecule has 1 aromatic rings. The highest BCUT2D eigenvalue weighted by Crippen LogP contribution is 2.09. The summed E-state index contributed by atoms with van der Waals surface area (Å²) in [6, 6.07) is 0. The van der Waals surface area contributed by atoms with Crippen LogP contribution in [0.1, 0.15) is 30.8 Å². The van der Waals surface area contributed by atoms with Crippen LogP contribution in [-0.4, -0.2) is 26.4 Å². The lowest BCUT2D eigenvalue weighted by Gasteiger charge is -2.06. The summed E-state index contributed by atoms with van der Waals surface area (Å²) in [6.07, 6.45) is 3.06. The van der Waals surface area contributed by atoms with Gasteiger partial charge in [-0.05, 0) is 6.92 Å². The molecule has 1 unspecified atom stereocenters. The normalized spacial score (nSPS) is 12.4. The van der Waals surface area contributed by atoms with Crippen molar-refractivity contribution in [2.75, 3.05) is 0 Å². The molecule has 5 nitrogen and oxygen atoms in total. The van der Waals surface area contributed by atoms with E-state index < -0.39 is 11.9 Å². The Morgan fingerprint density at radius 1 is 1.60 bits per heavy atom. The van der Waals surface area contributed by atoms with E-state index in [1.165, 1.54) is 13.1 Å². The molecular formula is C10H14N2O3. The predicted molar refractivity (Wildman–Crippen MR) is 53.6 cm³/mol. The van der Waals surface area contributed by atoms with Gasteiger partial charge in [-0.3, -0.25) is 9.59 Å². The van der Waals surface area contributed by atoms with E-state index in [2.05, 4.69) is 4.98 Å². The molecular weight excluding hydrogens is 196 g/mol. The van der Waals surface area contributed by atoms with E-state index in [1.54, 1.807) is 10.9 Å². The average molecular weight is 210 g/mol. The quantitative estimate of drug-likeness (QED) is 0.741. The van der Waals surface area contributed by atoms with Crippen molar-refractivity contribution in [1.82, 2.24) is 9.55 Å². The van der Waals surface area contributed by atoms with Crippen LogP contribution in [0.15, 0.2) is 12.5 Å². The molecule has 1 rings (SSSR count). The van der Waals surface area contributed by atoms with Gasteiger partial charge in [0.25, 0.3) is 0 Å². The van der Waals surface area contributed by atoms with E-state index in [-0.39, 0.29) is 12.2 Å². The number of aliphatic carboxylic acids is 1. The van der Waals surface area contributed by atoms with Crippen molar-refractivity contribution in [3.63, 3.8) is 0 Å². The highest BCUT2D eigenvalue weighted by Gasteiger charge is 2.19. The van der Waals surface area contributed by atoms with Gasteiger partial charge in [-0.2, -0.15) is 0 Å². The molecule has 0 amide bonds. The minimum Gasteiger partial charge on any atom is -0.481 e. The molecule has 5 heteroatoms. The van der Waals surface area contributed by atoms with E-state index >= 15 is 0 Å². The summed E-state index contributed by atoms with van der Waals surface area (Å²) in [7, 11) is 0. The monoisotopic (exact) mass is 210 g/mol. The Labute approximate surface area is 87.7 Å². The van der Waals surface area contributed by atoms with E-state index in [0.717, 1.165) is 0 Å². The molecule has 0 radical (unpaired) electrons. The Bertz CT molecular complexity index is 370. The fourth-order valence-corrected chi connectivity index (χ4v) is 1.27. The largest absolute Gasteiger partial charge is 0.481 e. The van der Waals surface area contributed by atoms with E-state index in [0.29, 0.717) is 12.2 Å². The first-order valence-electron chi connectivity index (χ1n) is 4.82. The lowest BCUT2D eigenvalue weighted by molar-refractivity contribution is -0.141. The smallest absolute Gasteiger partial charge is 0.306 e. The van der Waals surface area contributed by atoms with Crippen molar-refractivity contribution in [3.8, 4) is 0 Å². The summed E-state index contributed by atoms with van der Waals surface area (Å²) in [5.41, 5.74) is 0.477. The second-order valence-corrected chi connectivity index (χ2v) is 3.43. The van der Waals surface area contributed by atoms with Gasteiger partial charge in [0, 0.05) is 13.0 Å². The fraction of sp³-hybridized carbons (Fsp3) is 0.500. The molecule has 0 aliphatic carbocycles. The van der Waals surface area contributed by atoms with Crippen LogP contribution in [0.3, 0.4) is 0 Å². The number of hydrogen-bond acceptors (Lipinski definition) is 3. The summed E-state index contributed by atoms with van der Waals surface area (Å²) < 4.78 is 1.71. The number of aromatic nitrogens is 2. The molecule has 0 aliphatic heterocycles. The van der Waals surface area contributed by atoms with Gasteiger partial charge in [0.1, 0.15) is 5.69 Å². The zero-order valence-corrected chi connectivity index (χ0v) is 8.80. The van der Waals surface area contributed by atoms with Crippen LogP contribution in [0.2, 0.25) is 0 Å². The van der Waals surface area contributed by atoms with Crippen LogP contribution < -0.4 is 0 Å². The summed E-state index contributed by atoms with van der Waals surface area (Å²) in [4.78, 5) is 26.1. The summed E-state index contributed by atoms with van der Waals surface area (Å²) in [6.45, 7) is 4.08. The zero-order valence-electron chi connectivity index (χ0n) is 8.80. The third-order valence-electron chi connectivity index (χ3n) is 2.25. The second-order valence-electron chi connectivity index (χ2n) is 3.43. The molecule has 1 N–H and O–H groups in total. The molecule has 0 fully saturated rings. The maximum atomic E-state index is 11.7. The Kier molecular flexibility index (Phi) is 3.60. The number of imidazole rings is 1. The average Bonchev–Trinajstić information content (AvgIpc) is 2.64. The third-order valence-corrected chi connectivity index (χ3v) is 2.25. The van der Waals surface area contributed by atoms with Crippen LogP contribution in [0.4, 0.5) is 0 Å². The number of carboxylic acid groups (broad SMARTS) is 1. The number of aryl methyl sites for hydroxylation is 1. The van der Waals surface area contributed by atoms with E-state index in [9.17, 15) is 9.59 Å². The van der Waals surface area contributed by atoms with E-state index in [4.69, 9.17) is 5.11 Å². The first-order valence-corrected chi connectivity index (χ1v) is 4.82. The SMILES string of the molecule is CCn1cncc1C(=O)CC(C)C(=O)O. The van der Waals surface area contributed by atoms with Crippen molar-refractivity contribution >= 4 is 11.8 Å². The predicted octanol–water partition coefficient (Wildman–Crippen LogP) is 1.20. The van der Waals surface area contributed by atoms with Gasteiger partial charge in [0.2, 0.25) is 0 Å². The molecule has 0 aromatic carbocycles. The van der Waals surface area contributed by atoms with Crippen LogP contribution in [0.5, 0.6) is 0 Å². The number of carbonyl (C=O) groups excluding carboxylic acids is 1. The Morgan fingerprint density at radius 3 is 2.80 bits per heavy atom. The van der Waals surface area contributed by atoms with Gasteiger partial charge in [-0.25, -0.2) is 4.98 Å². The number of nitrogens with zero attached hydrogens (tertiary/aromatic N) is 2. The van der Waals surface area contributed by atoms with Crippen LogP contribution in [0, 0.1) is 5.92 Å². The first-order chi connectivity index (χ1) is 7.06. The molecule has 1 atom stereocenters. The maximum Gasteiger partial charge on any atom is 0.306 e. The van der Waals surface area contributed by atoms with Crippen molar-refractivity contribution in [2.24, 2.45) is 5.92 Å². The molecule has 82 valence electrons. The highest BCUT2D eigenvalue weighted by atomic mass is 16.4. The van der Waals surface area contributed by atoms with Gasteiger partial charge in [-0.15, -0.1) is 0 Å². The van der Waals surface area contributed by atoms with Crippen molar-refractivity contribution < 1.29 is 14.7 Å². The Hall–Kier alpha value is -1.65. The van der Waals surface area contributed by atoms with Crippen molar-refractivity contribution in [3.05, 3.63) is 18.2 Å². The number of hydrogen-bond donors (Lipinski definition) is 1. The summed E-state index contributed by atoms with van der Waals surface area (Å²) >= 11 is 0. The number of rotatable bonds is 5. The molecule has 0 bridgehead atoms. The van der Waals surface area contributed by atoms with Crippen LogP contribution in [-0.2, 0) is 11.3 Å². The molecule has 0 saturated carbocycles. The molecule has 0 aliphatic rings. The Balaban J connectivity index is 2.73. The molecule has 15 heavy (non-hydrogen) atoms. The van der Waals surface area contributed by atoms with Gasteiger partial charge in [0.15, 0.2) is 5.78 Å². The summed E-state index contributed by atoms with van der Waals surface area (Å²) in [5, 5.41) is 8.68. The lowest BCUT2D eigenvalue weighted by atomic mass is 10.0. The van der Waals surface area contributed by atoms with Gasteiger partial charge in [0.05, 0.1) is 18.4 Å². The van der Waals surface area contributed by atoms with Gasteiger partial charge in [-0.1, -0.05) is 6.92 Å². The maximum absolute atomic E-state index is 11.7. The minimum absolute atomic E-state index is 0.0149. The minimum atomic E-state index is -0.953. The third kappa shape index (κ3) is 2.65. The van der Waals surface area contributed by atoms with Crippen LogP contribution in [0.25, 0.3) is 0 Å².